The first-order valence-electron chi connectivity index (χ1n) is 9.16. The molecule has 2 aromatic heterocycles. The van der Waals surface area contributed by atoms with Gasteiger partial charge in [-0.2, -0.15) is 0 Å². The molecule has 2 aromatic rings. The quantitative estimate of drug-likeness (QED) is 0.687. The maximum atomic E-state index is 12.3. The van der Waals surface area contributed by atoms with Crippen LogP contribution in [0.4, 0.5) is 0 Å². The first kappa shape index (κ1) is 18.4. The smallest absolute Gasteiger partial charge is 0.233 e. The normalized spacial score (nSPS) is 20.4. The van der Waals surface area contributed by atoms with Gasteiger partial charge in [0.1, 0.15) is 0 Å². The van der Waals surface area contributed by atoms with Gasteiger partial charge in [0, 0.05) is 44.5 Å². The number of aromatic amines is 1. The van der Waals surface area contributed by atoms with E-state index in [0.717, 1.165) is 36.0 Å². The van der Waals surface area contributed by atoms with E-state index in [1.807, 2.05) is 12.3 Å². The van der Waals surface area contributed by atoms with Gasteiger partial charge < -0.3 is 15.6 Å². The minimum atomic E-state index is 0.0376. The fraction of sp³-hybridized carbons (Fsp3) is 0.526. The highest BCUT2D eigenvalue weighted by molar-refractivity contribution is 5.88. The first-order chi connectivity index (χ1) is 12.6. The number of likely N-dealkylation sites (N-methyl/N-ethyl adjacent to an activating group) is 1. The SMILES string of the molecule is CNC(=O)CN1C[C@@H](CCNC(=O)Cc2c[nH]c3cnccc23)[C@H](C)C1. The van der Waals surface area contributed by atoms with Gasteiger partial charge in [-0.15, -0.1) is 0 Å². The molecule has 1 fully saturated rings. The molecule has 7 heteroatoms. The van der Waals surface area contributed by atoms with Crippen LogP contribution in [0.2, 0.25) is 0 Å². The van der Waals surface area contributed by atoms with Crippen LogP contribution < -0.4 is 10.6 Å². The van der Waals surface area contributed by atoms with E-state index < -0.39 is 0 Å². The Balaban J connectivity index is 1.43. The van der Waals surface area contributed by atoms with Crippen LogP contribution in [0.15, 0.2) is 24.7 Å². The lowest BCUT2D eigenvalue weighted by Gasteiger charge is -2.15. The van der Waals surface area contributed by atoms with Crippen LogP contribution in [-0.4, -0.2) is 59.9 Å². The summed E-state index contributed by atoms with van der Waals surface area (Å²) in [5.74, 6) is 1.15. The summed E-state index contributed by atoms with van der Waals surface area (Å²) in [6.07, 6.45) is 6.69. The van der Waals surface area contributed by atoms with E-state index in [1.54, 1.807) is 19.4 Å². The molecular formula is C19H27N5O2. The van der Waals surface area contributed by atoms with Crippen molar-refractivity contribution in [2.24, 2.45) is 11.8 Å². The minimum absolute atomic E-state index is 0.0376. The van der Waals surface area contributed by atoms with Crippen LogP contribution in [0, 0.1) is 11.8 Å². The maximum Gasteiger partial charge on any atom is 0.233 e. The number of amides is 2. The van der Waals surface area contributed by atoms with Crippen LogP contribution in [0.25, 0.3) is 10.9 Å². The van der Waals surface area contributed by atoms with E-state index in [-0.39, 0.29) is 11.8 Å². The molecule has 2 atom stereocenters. The molecule has 1 aliphatic heterocycles. The molecule has 7 nitrogen and oxygen atoms in total. The number of hydrogen-bond acceptors (Lipinski definition) is 4. The van der Waals surface area contributed by atoms with Gasteiger partial charge in [-0.25, -0.2) is 0 Å². The Morgan fingerprint density at radius 3 is 3.00 bits per heavy atom. The van der Waals surface area contributed by atoms with Crippen molar-refractivity contribution in [1.29, 1.82) is 0 Å². The molecule has 3 N–H and O–H groups in total. The topological polar surface area (TPSA) is 90.1 Å². The van der Waals surface area contributed by atoms with Gasteiger partial charge in [-0.05, 0) is 29.9 Å². The van der Waals surface area contributed by atoms with Gasteiger partial charge in [0.2, 0.25) is 11.8 Å². The third-order valence-corrected chi connectivity index (χ3v) is 5.25. The summed E-state index contributed by atoms with van der Waals surface area (Å²) in [6.45, 7) is 5.20. The summed E-state index contributed by atoms with van der Waals surface area (Å²) in [5, 5.41) is 6.75. The number of nitrogens with one attached hydrogen (secondary N) is 3. The predicted octanol–water partition coefficient (Wildman–Crippen LogP) is 0.926. The van der Waals surface area contributed by atoms with Crippen LogP contribution in [0.1, 0.15) is 18.9 Å². The highest BCUT2D eigenvalue weighted by Gasteiger charge is 2.29. The summed E-state index contributed by atoms with van der Waals surface area (Å²) in [6, 6.07) is 1.93. The highest BCUT2D eigenvalue weighted by Crippen LogP contribution is 2.25. The number of rotatable bonds is 7. The summed E-state index contributed by atoms with van der Waals surface area (Å²) in [7, 11) is 1.67. The molecule has 0 aliphatic carbocycles. The van der Waals surface area contributed by atoms with E-state index in [0.29, 0.717) is 31.3 Å². The van der Waals surface area contributed by atoms with Gasteiger partial charge in [0.05, 0.1) is 24.7 Å². The molecule has 3 rings (SSSR count). The lowest BCUT2D eigenvalue weighted by atomic mass is 9.95. The average Bonchev–Trinajstić information content (AvgIpc) is 3.18. The van der Waals surface area contributed by atoms with Crippen LogP contribution in [0.3, 0.4) is 0 Å². The Labute approximate surface area is 153 Å². The molecule has 2 amide bonds. The number of nitrogens with zero attached hydrogens (tertiary/aromatic N) is 2. The van der Waals surface area contributed by atoms with Gasteiger partial charge in [0.15, 0.2) is 0 Å². The van der Waals surface area contributed by atoms with E-state index in [4.69, 9.17) is 0 Å². The van der Waals surface area contributed by atoms with E-state index in [2.05, 4.69) is 32.4 Å². The first-order valence-corrected chi connectivity index (χ1v) is 9.16. The number of hydrogen-bond donors (Lipinski definition) is 3. The monoisotopic (exact) mass is 357 g/mol. The summed E-state index contributed by atoms with van der Waals surface area (Å²) in [4.78, 5) is 33.2. The van der Waals surface area contributed by atoms with E-state index >= 15 is 0 Å². The zero-order valence-electron chi connectivity index (χ0n) is 15.4. The highest BCUT2D eigenvalue weighted by atomic mass is 16.2. The number of carbonyl (C=O) groups excluding carboxylic acids is 2. The molecule has 26 heavy (non-hydrogen) atoms. The molecule has 140 valence electrons. The van der Waals surface area contributed by atoms with Crippen molar-refractivity contribution in [3.63, 3.8) is 0 Å². The molecule has 1 aliphatic rings. The van der Waals surface area contributed by atoms with Gasteiger partial charge in [0.25, 0.3) is 0 Å². The number of fused-ring (bicyclic) bond motifs is 1. The van der Waals surface area contributed by atoms with Crippen molar-refractivity contribution in [2.75, 3.05) is 33.2 Å². The predicted molar refractivity (Wildman–Crippen MR) is 101 cm³/mol. The summed E-state index contributed by atoms with van der Waals surface area (Å²) in [5.41, 5.74) is 1.94. The summed E-state index contributed by atoms with van der Waals surface area (Å²) < 4.78 is 0. The second-order valence-corrected chi connectivity index (χ2v) is 7.16. The van der Waals surface area contributed by atoms with E-state index in [9.17, 15) is 9.59 Å². The number of H-pyrrole nitrogens is 1. The fourth-order valence-electron chi connectivity index (χ4n) is 3.74. The largest absolute Gasteiger partial charge is 0.360 e. The molecule has 0 saturated carbocycles. The molecular weight excluding hydrogens is 330 g/mol. The van der Waals surface area contributed by atoms with Crippen molar-refractivity contribution in [2.45, 2.75) is 19.8 Å². The zero-order valence-corrected chi connectivity index (χ0v) is 15.4. The van der Waals surface area contributed by atoms with Crippen LogP contribution in [0.5, 0.6) is 0 Å². The standard InChI is InChI=1S/C19H27N5O2/c1-13-10-24(12-19(26)20-2)11-14(13)3-6-22-18(25)7-15-8-23-17-9-21-5-4-16(15)17/h4-5,8-9,13-14,23H,3,6-7,10-12H2,1-2H3,(H,20,26)(H,22,25)/t13-,14-/m1/s1. The van der Waals surface area contributed by atoms with Crippen molar-refractivity contribution < 1.29 is 9.59 Å². The van der Waals surface area contributed by atoms with Gasteiger partial charge in [-0.1, -0.05) is 6.92 Å². The zero-order chi connectivity index (χ0) is 18.5. The van der Waals surface area contributed by atoms with Crippen LogP contribution >= 0.6 is 0 Å². The minimum Gasteiger partial charge on any atom is -0.360 e. The molecule has 3 heterocycles. The average molecular weight is 357 g/mol. The maximum absolute atomic E-state index is 12.3. The van der Waals surface area contributed by atoms with Gasteiger partial charge in [-0.3, -0.25) is 19.5 Å². The summed E-state index contributed by atoms with van der Waals surface area (Å²) >= 11 is 0. The molecule has 0 radical (unpaired) electrons. The second-order valence-electron chi connectivity index (χ2n) is 7.16. The number of pyridine rings is 1. The lowest BCUT2D eigenvalue weighted by molar-refractivity contribution is -0.121. The number of carbonyl (C=O) groups is 2. The molecule has 0 bridgehead atoms. The Morgan fingerprint density at radius 2 is 2.19 bits per heavy atom. The Kier molecular flexibility index (Phi) is 5.88. The second kappa shape index (κ2) is 8.31. The molecule has 0 spiro atoms. The van der Waals surface area contributed by atoms with Crippen molar-refractivity contribution in [3.8, 4) is 0 Å². The molecule has 0 unspecified atom stereocenters. The number of aromatic nitrogens is 2. The van der Waals surface area contributed by atoms with Crippen molar-refractivity contribution in [1.82, 2.24) is 25.5 Å². The third kappa shape index (κ3) is 4.40. The van der Waals surface area contributed by atoms with Gasteiger partial charge >= 0.3 is 0 Å². The Morgan fingerprint density at radius 1 is 1.35 bits per heavy atom. The molecule has 0 aromatic carbocycles. The fourth-order valence-corrected chi connectivity index (χ4v) is 3.74. The third-order valence-electron chi connectivity index (χ3n) is 5.25. The Hall–Kier alpha value is -2.41. The van der Waals surface area contributed by atoms with Crippen LogP contribution in [-0.2, 0) is 16.0 Å². The van der Waals surface area contributed by atoms with Crippen molar-refractivity contribution >= 4 is 22.7 Å². The Bertz CT molecular complexity index is 772. The van der Waals surface area contributed by atoms with E-state index in [1.165, 1.54) is 0 Å². The lowest BCUT2D eigenvalue weighted by Crippen LogP contribution is -2.34. The van der Waals surface area contributed by atoms with Crippen molar-refractivity contribution in [3.05, 3.63) is 30.2 Å². The number of likely N-dealkylation sites (tertiary alicyclic amines) is 1. The molecule has 1 saturated heterocycles.